The van der Waals surface area contributed by atoms with Gasteiger partial charge in [-0.25, -0.2) is 8.42 Å². The van der Waals surface area contributed by atoms with Crippen LogP contribution in [0, 0.1) is 5.41 Å². The summed E-state index contributed by atoms with van der Waals surface area (Å²) >= 11 is 0. The lowest BCUT2D eigenvalue weighted by Gasteiger charge is -2.38. The Morgan fingerprint density at radius 2 is 2.08 bits per heavy atom. The SMILES string of the molecule is Cl.O=S(=O)(c1ccc(-c2ccno2)o1)N1CCCC2(CCNC2)C1. The fourth-order valence-electron chi connectivity index (χ4n) is 3.57. The Balaban J connectivity index is 0.00000169. The first kappa shape index (κ1) is 17.5. The number of aromatic nitrogens is 1. The smallest absolute Gasteiger partial charge is 0.276 e. The minimum atomic E-state index is -3.62. The third kappa shape index (κ3) is 2.99. The molecule has 7 nitrogen and oxygen atoms in total. The number of halogens is 1. The van der Waals surface area contributed by atoms with Crippen molar-refractivity contribution in [2.45, 2.75) is 24.4 Å². The molecule has 1 N–H and O–H groups in total. The van der Waals surface area contributed by atoms with E-state index in [1.54, 1.807) is 16.4 Å². The third-order valence-electron chi connectivity index (χ3n) is 4.81. The van der Waals surface area contributed by atoms with Gasteiger partial charge in [0.05, 0.1) is 6.20 Å². The van der Waals surface area contributed by atoms with Crippen molar-refractivity contribution in [2.75, 3.05) is 26.2 Å². The Morgan fingerprint density at radius 1 is 1.21 bits per heavy atom. The van der Waals surface area contributed by atoms with Crippen LogP contribution in [0.2, 0.25) is 0 Å². The van der Waals surface area contributed by atoms with Crippen LogP contribution in [0.25, 0.3) is 11.5 Å². The van der Waals surface area contributed by atoms with Crippen LogP contribution in [0.1, 0.15) is 19.3 Å². The second-order valence-corrected chi connectivity index (χ2v) is 8.23. The number of piperidine rings is 1. The summed E-state index contributed by atoms with van der Waals surface area (Å²) in [5.74, 6) is 0.789. The number of nitrogens with zero attached hydrogens (tertiary/aromatic N) is 2. The molecule has 132 valence electrons. The number of hydrogen-bond donors (Lipinski definition) is 1. The predicted molar refractivity (Wildman–Crippen MR) is 89.4 cm³/mol. The zero-order chi connectivity index (χ0) is 15.9. The van der Waals surface area contributed by atoms with Crippen molar-refractivity contribution < 1.29 is 17.4 Å². The highest BCUT2D eigenvalue weighted by Crippen LogP contribution is 2.38. The fourth-order valence-corrected chi connectivity index (χ4v) is 5.08. The molecule has 24 heavy (non-hydrogen) atoms. The van der Waals surface area contributed by atoms with Crippen LogP contribution in [0.4, 0.5) is 0 Å². The molecule has 4 heterocycles. The van der Waals surface area contributed by atoms with E-state index in [1.807, 2.05) is 0 Å². The van der Waals surface area contributed by atoms with Crippen LogP contribution in [0.15, 0.2) is 38.4 Å². The van der Waals surface area contributed by atoms with Gasteiger partial charge in [0.25, 0.3) is 10.0 Å². The first-order chi connectivity index (χ1) is 11.1. The lowest BCUT2D eigenvalue weighted by molar-refractivity contribution is 0.165. The number of furan rings is 1. The van der Waals surface area contributed by atoms with Crippen molar-refractivity contribution in [3.63, 3.8) is 0 Å². The van der Waals surface area contributed by atoms with Gasteiger partial charge in [0.1, 0.15) is 0 Å². The predicted octanol–water partition coefficient (Wildman–Crippen LogP) is 2.12. The Kier molecular flexibility index (Phi) is 4.74. The van der Waals surface area contributed by atoms with E-state index < -0.39 is 10.0 Å². The van der Waals surface area contributed by atoms with E-state index in [0.29, 0.717) is 24.6 Å². The molecule has 2 saturated heterocycles. The van der Waals surface area contributed by atoms with Gasteiger partial charge in [-0.1, -0.05) is 5.16 Å². The zero-order valence-electron chi connectivity index (χ0n) is 13.1. The minimum Gasteiger partial charge on any atom is -0.440 e. The summed E-state index contributed by atoms with van der Waals surface area (Å²) in [7, 11) is -3.62. The summed E-state index contributed by atoms with van der Waals surface area (Å²) in [5.41, 5.74) is 0.0751. The Bertz CT molecular complexity index is 782. The highest BCUT2D eigenvalue weighted by atomic mass is 35.5. The van der Waals surface area contributed by atoms with Crippen LogP contribution < -0.4 is 5.32 Å². The Morgan fingerprint density at radius 3 is 2.79 bits per heavy atom. The molecule has 0 bridgehead atoms. The minimum absolute atomic E-state index is 0. The van der Waals surface area contributed by atoms with Crippen molar-refractivity contribution in [1.29, 1.82) is 0 Å². The lowest BCUT2D eigenvalue weighted by Crippen LogP contribution is -2.46. The van der Waals surface area contributed by atoms with Crippen LogP contribution in [0.5, 0.6) is 0 Å². The molecule has 2 aliphatic heterocycles. The van der Waals surface area contributed by atoms with E-state index in [-0.39, 0.29) is 22.9 Å². The molecule has 9 heteroatoms. The maximum absolute atomic E-state index is 12.9. The second-order valence-electron chi connectivity index (χ2n) is 6.36. The first-order valence-electron chi connectivity index (χ1n) is 7.81. The summed E-state index contributed by atoms with van der Waals surface area (Å²) in [6.07, 6.45) is 4.48. The zero-order valence-corrected chi connectivity index (χ0v) is 14.7. The van der Waals surface area contributed by atoms with Crippen LogP contribution >= 0.6 is 12.4 Å². The molecule has 1 spiro atoms. The molecule has 0 saturated carbocycles. The molecule has 4 rings (SSSR count). The lowest BCUT2D eigenvalue weighted by atomic mass is 9.80. The van der Waals surface area contributed by atoms with Gasteiger partial charge in [0, 0.05) is 25.7 Å². The Hall–Kier alpha value is -1.35. The van der Waals surface area contributed by atoms with Gasteiger partial charge >= 0.3 is 0 Å². The Labute approximate surface area is 146 Å². The topological polar surface area (TPSA) is 88.6 Å². The quantitative estimate of drug-likeness (QED) is 0.886. The molecule has 0 amide bonds. The van der Waals surface area contributed by atoms with Gasteiger partial charge in [-0.3, -0.25) is 0 Å². The third-order valence-corrected chi connectivity index (χ3v) is 6.53. The molecule has 2 aliphatic rings. The molecular weight excluding hydrogens is 354 g/mol. The van der Waals surface area contributed by atoms with Crippen LogP contribution in [0.3, 0.4) is 0 Å². The molecule has 2 fully saturated rings. The molecular formula is C15H20ClN3O4S. The molecule has 0 aromatic carbocycles. The van der Waals surface area contributed by atoms with E-state index in [9.17, 15) is 8.42 Å². The molecule has 2 aromatic heterocycles. The second kappa shape index (κ2) is 6.51. The van der Waals surface area contributed by atoms with E-state index in [0.717, 1.165) is 32.4 Å². The van der Waals surface area contributed by atoms with Crippen molar-refractivity contribution in [3.8, 4) is 11.5 Å². The largest absolute Gasteiger partial charge is 0.440 e. The average Bonchev–Trinajstić information content (AvgIpc) is 3.28. The van der Waals surface area contributed by atoms with Gasteiger partial charge in [0.2, 0.25) is 10.9 Å². The van der Waals surface area contributed by atoms with Crippen molar-refractivity contribution >= 4 is 22.4 Å². The number of hydrogen-bond acceptors (Lipinski definition) is 6. The van der Waals surface area contributed by atoms with Crippen molar-refractivity contribution in [2.24, 2.45) is 5.41 Å². The summed E-state index contributed by atoms with van der Waals surface area (Å²) in [6, 6.07) is 4.72. The molecule has 0 aliphatic carbocycles. The maximum Gasteiger partial charge on any atom is 0.276 e. The van der Waals surface area contributed by atoms with Gasteiger partial charge in [-0.2, -0.15) is 4.31 Å². The van der Waals surface area contributed by atoms with E-state index in [4.69, 9.17) is 8.94 Å². The highest BCUT2D eigenvalue weighted by Gasteiger charge is 2.42. The van der Waals surface area contributed by atoms with E-state index in [1.165, 1.54) is 12.3 Å². The van der Waals surface area contributed by atoms with Gasteiger partial charge in [-0.15, -0.1) is 12.4 Å². The maximum atomic E-state index is 12.9. The number of nitrogens with one attached hydrogen (secondary N) is 1. The van der Waals surface area contributed by atoms with Gasteiger partial charge < -0.3 is 14.3 Å². The van der Waals surface area contributed by atoms with E-state index >= 15 is 0 Å². The normalized spacial score (nSPS) is 25.0. The fraction of sp³-hybridized carbons (Fsp3) is 0.533. The van der Waals surface area contributed by atoms with Gasteiger partial charge in [0.15, 0.2) is 5.76 Å². The standard InChI is InChI=1S/C15H19N3O4S.ClH/c19-23(20,14-3-2-12(21-14)13-4-7-17-22-13)18-9-1-5-15(11-18)6-8-16-10-15;/h2-4,7,16H,1,5-6,8-11H2;1H. The van der Waals surface area contributed by atoms with Crippen LogP contribution in [-0.2, 0) is 10.0 Å². The van der Waals surface area contributed by atoms with Crippen molar-refractivity contribution in [3.05, 3.63) is 24.4 Å². The molecule has 1 atom stereocenters. The number of sulfonamides is 1. The summed E-state index contributed by atoms with van der Waals surface area (Å²) in [4.78, 5) is 0. The summed E-state index contributed by atoms with van der Waals surface area (Å²) in [5, 5.41) is 6.92. The summed E-state index contributed by atoms with van der Waals surface area (Å²) in [6.45, 7) is 2.95. The number of rotatable bonds is 3. The first-order valence-corrected chi connectivity index (χ1v) is 9.25. The molecule has 2 aromatic rings. The monoisotopic (exact) mass is 373 g/mol. The van der Waals surface area contributed by atoms with Crippen molar-refractivity contribution in [1.82, 2.24) is 14.8 Å². The average molecular weight is 374 g/mol. The molecule has 0 radical (unpaired) electrons. The molecule has 1 unspecified atom stereocenters. The van der Waals surface area contributed by atoms with Gasteiger partial charge in [-0.05, 0) is 43.4 Å². The van der Waals surface area contributed by atoms with Crippen LogP contribution in [-0.4, -0.2) is 44.1 Å². The summed E-state index contributed by atoms with van der Waals surface area (Å²) < 4.78 is 37.8. The van der Waals surface area contributed by atoms with E-state index in [2.05, 4.69) is 10.5 Å². The highest BCUT2D eigenvalue weighted by molar-refractivity contribution is 7.89.